The summed E-state index contributed by atoms with van der Waals surface area (Å²) in [4.78, 5) is 15.1. The van der Waals surface area contributed by atoms with Crippen LogP contribution in [0.3, 0.4) is 0 Å². The first-order valence-electron chi connectivity index (χ1n) is 7.48. The number of halogens is 3. The van der Waals surface area contributed by atoms with Crippen LogP contribution in [0.4, 0.5) is 13.2 Å². The van der Waals surface area contributed by atoms with Crippen LogP contribution in [0.2, 0.25) is 0 Å². The van der Waals surface area contributed by atoms with Gasteiger partial charge in [0, 0.05) is 12.0 Å². The number of ketones is 1. The Hall–Kier alpha value is -2.48. The third kappa shape index (κ3) is 5.82. The van der Waals surface area contributed by atoms with Gasteiger partial charge in [-0.1, -0.05) is 41.1 Å². The van der Waals surface area contributed by atoms with Crippen molar-refractivity contribution < 1.29 is 27.2 Å². The number of nitrogens with zero attached hydrogens (tertiary/aromatic N) is 2. The second kappa shape index (κ2) is 8.06. The zero-order chi connectivity index (χ0) is 18.4. The van der Waals surface area contributed by atoms with Crippen LogP contribution in [-0.2, 0) is 22.1 Å². The van der Waals surface area contributed by atoms with Crippen LogP contribution >= 0.6 is 0 Å². The van der Waals surface area contributed by atoms with Gasteiger partial charge in [0.05, 0.1) is 6.61 Å². The predicted octanol–water partition coefficient (Wildman–Crippen LogP) is 3.85. The molecule has 0 unspecified atom stereocenters. The minimum Gasteiger partial charge on any atom is -0.370 e. The molecule has 1 aromatic carbocycles. The highest BCUT2D eigenvalue weighted by atomic mass is 19.4. The highest BCUT2D eigenvalue weighted by Crippen LogP contribution is 2.29. The Morgan fingerprint density at radius 2 is 1.92 bits per heavy atom. The molecule has 0 atom stereocenters. The van der Waals surface area contributed by atoms with Crippen molar-refractivity contribution in [2.45, 2.75) is 26.4 Å². The maximum absolute atomic E-state index is 12.4. The van der Waals surface area contributed by atoms with E-state index < -0.39 is 12.1 Å². The summed E-state index contributed by atoms with van der Waals surface area (Å²) < 4.78 is 46.8. The number of Topliss-reactive ketones (excluding diaryl/α,β-unsaturated/α-hetero) is 1. The Kier molecular flexibility index (Phi) is 6.08. The van der Waals surface area contributed by atoms with Crippen molar-refractivity contribution in [2.24, 2.45) is 0 Å². The summed E-state index contributed by atoms with van der Waals surface area (Å²) in [6, 6.07) is 6.34. The van der Waals surface area contributed by atoms with Crippen LogP contribution in [0.15, 0.2) is 40.4 Å². The molecule has 2 rings (SSSR count). The number of rotatable bonds is 7. The van der Waals surface area contributed by atoms with Crippen molar-refractivity contribution in [2.75, 3.05) is 13.2 Å². The molecule has 0 radical (unpaired) electrons. The Labute approximate surface area is 142 Å². The monoisotopic (exact) mass is 354 g/mol. The Bertz CT molecular complexity index is 745. The Morgan fingerprint density at radius 3 is 2.48 bits per heavy atom. The van der Waals surface area contributed by atoms with Crippen LogP contribution < -0.4 is 0 Å². The predicted molar refractivity (Wildman–Crippen MR) is 83.7 cm³/mol. The number of carbonyl (C=O) groups is 1. The maximum Gasteiger partial charge on any atom is 0.471 e. The molecular weight excluding hydrogens is 337 g/mol. The van der Waals surface area contributed by atoms with Gasteiger partial charge < -0.3 is 9.26 Å². The first-order valence-corrected chi connectivity index (χ1v) is 7.48. The van der Waals surface area contributed by atoms with E-state index in [1.165, 1.54) is 12.1 Å². The van der Waals surface area contributed by atoms with E-state index in [9.17, 15) is 18.0 Å². The average Bonchev–Trinajstić information content (AvgIpc) is 3.02. The molecule has 0 aliphatic heterocycles. The molecule has 0 fully saturated rings. The number of hydrogen-bond acceptors (Lipinski definition) is 5. The van der Waals surface area contributed by atoms with Crippen molar-refractivity contribution in [3.8, 4) is 11.4 Å². The van der Waals surface area contributed by atoms with Crippen LogP contribution in [-0.4, -0.2) is 29.1 Å². The van der Waals surface area contributed by atoms with Crippen LogP contribution in [0.1, 0.15) is 25.3 Å². The van der Waals surface area contributed by atoms with Crippen LogP contribution in [0, 0.1) is 0 Å². The number of carbonyl (C=O) groups excluding carboxylic acids is 1. The molecule has 0 spiro atoms. The van der Waals surface area contributed by atoms with Gasteiger partial charge in [-0.25, -0.2) is 0 Å². The van der Waals surface area contributed by atoms with Gasteiger partial charge in [0.15, 0.2) is 5.78 Å². The smallest absolute Gasteiger partial charge is 0.370 e. The summed E-state index contributed by atoms with van der Waals surface area (Å²) in [5.41, 5.74) is 2.20. The molecular formula is C17H17F3N2O3. The van der Waals surface area contributed by atoms with E-state index in [2.05, 4.69) is 14.7 Å². The molecule has 0 aliphatic carbocycles. The number of hydrogen-bond donors (Lipinski definition) is 0. The summed E-state index contributed by atoms with van der Waals surface area (Å²) in [6.07, 6.45) is -2.62. The zero-order valence-corrected chi connectivity index (χ0v) is 13.8. The molecule has 0 saturated carbocycles. The molecule has 0 aliphatic rings. The van der Waals surface area contributed by atoms with Gasteiger partial charge in [-0.05, 0) is 19.4 Å². The summed E-state index contributed by atoms with van der Waals surface area (Å²) in [6.45, 7) is 4.26. The molecule has 0 N–H and O–H groups in total. The van der Waals surface area contributed by atoms with Gasteiger partial charge in [0.2, 0.25) is 5.82 Å². The highest BCUT2D eigenvalue weighted by molar-refractivity contribution is 5.82. The van der Waals surface area contributed by atoms with Crippen molar-refractivity contribution in [3.05, 3.63) is 47.4 Å². The molecule has 25 heavy (non-hydrogen) atoms. The van der Waals surface area contributed by atoms with E-state index >= 15 is 0 Å². The normalized spacial score (nSPS) is 11.4. The van der Waals surface area contributed by atoms with Crippen molar-refractivity contribution in [1.82, 2.24) is 10.1 Å². The van der Waals surface area contributed by atoms with Gasteiger partial charge in [0.1, 0.15) is 6.61 Å². The van der Waals surface area contributed by atoms with Crippen LogP contribution in [0.25, 0.3) is 11.4 Å². The zero-order valence-electron chi connectivity index (χ0n) is 13.8. The van der Waals surface area contributed by atoms with E-state index in [-0.39, 0.29) is 24.6 Å². The number of alkyl halides is 3. The van der Waals surface area contributed by atoms with E-state index in [0.717, 1.165) is 11.1 Å². The fourth-order valence-corrected chi connectivity index (χ4v) is 1.90. The lowest BCUT2D eigenvalue weighted by Gasteiger charge is -2.03. The second-order valence-corrected chi connectivity index (χ2v) is 5.63. The number of benzene rings is 1. The SMILES string of the molecule is CC(C)=CCOCC(=O)Cc1ccc(-c2noc(C(F)(F)F)n2)cc1. The summed E-state index contributed by atoms with van der Waals surface area (Å²) in [5.74, 6) is -1.64. The largest absolute Gasteiger partial charge is 0.471 e. The topological polar surface area (TPSA) is 65.2 Å². The fourth-order valence-electron chi connectivity index (χ4n) is 1.90. The molecule has 134 valence electrons. The maximum atomic E-state index is 12.4. The van der Waals surface area contributed by atoms with E-state index in [4.69, 9.17) is 4.74 Å². The van der Waals surface area contributed by atoms with Crippen LogP contribution in [0.5, 0.6) is 0 Å². The third-order valence-electron chi connectivity index (χ3n) is 3.15. The lowest BCUT2D eigenvalue weighted by molar-refractivity contribution is -0.159. The lowest BCUT2D eigenvalue weighted by atomic mass is 10.1. The van der Waals surface area contributed by atoms with Gasteiger partial charge in [-0.15, -0.1) is 0 Å². The third-order valence-corrected chi connectivity index (χ3v) is 3.15. The van der Waals surface area contributed by atoms with Crippen molar-refractivity contribution >= 4 is 5.78 Å². The number of ether oxygens (including phenoxy) is 1. The minimum absolute atomic E-state index is 0.00527. The Morgan fingerprint density at radius 1 is 1.24 bits per heavy atom. The van der Waals surface area contributed by atoms with E-state index in [1.54, 1.807) is 12.1 Å². The fraction of sp³-hybridized carbons (Fsp3) is 0.353. The van der Waals surface area contributed by atoms with Gasteiger partial charge in [0.25, 0.3) is 0 Å². The first-order chi connectivity index (χ1) is 11.8. The molecule has 5 nitrogen and oxygen atoms in total. The minimum atomic E-state index is -4.68. The van der Waals surface area contributed by atoms with Crippen molar-refractivity contribution in [3.63, 3.8) is 0 Å². The molecule has 1 aromatic heterocycles. The van der Waals surface area contributed by atoms with Gasteiger partial charge in [-0.2, -0.15) is 18.2 Å². The number of aromatic nitrogens is 2. The first kappa shape index (κ1) is 18.9. The second-order valence-electron chi connectivity index (χ2n) is 5.63. The summed E-state index contributed by atoms with van der Waals surface area (Å²) in [7, 11) is 0. The molecule has 0 bridgehead atoms. The summed E-state index contributed by atoms with van der Waals surface area (Å²) >= 11 is 0. The molecule has 2 aromatic rings. The van der Waals surface area contributed by atoms with Gasteiger partial charge >= 0.3 is 12.1 Å². The van der Waals surface area contributed by atoms with E-state index in [1.807, 2.05) is 19.9 Å². The average molecular weight is 354 g/mol. The standard InChI is InChI=1S/C17H17F3N2O3/c1-11(2)7-8-24-10-14(23)9-12-3-5-13(6-4-12)15-21-16(25-22-15)17(18,19)20/h3-7H,8-10H2,1-2H3. The molecule has 0 amide bonds. The molecule has 8 heteroatoms. The summed E-state index contributed by atoms with van der Waals surface area (Å²) in [5, 5.41) is 3.31. The Balaban J connectivity index is 1.92. The van der Waals surface area contributed by atoms with Gasteiger partial charge in [-0.3, -0.25) is 4.79 Å². The quantitative estimate of drug-likeness (QED) is 0.558. The molecule has 0 saturated heterocycles. The highest BCUT2D eigenvalue weighted by Gasteiger charge is 2.38. The van der Waals surface area contributed by atoms with Crippen molar-refractivity contribution in [1.29, 1.82) is 0 Å². The molecule has 1 heterocycles. The lowest BCUT2D eigenvalue weighted by Crippen LogP contribution is -2.11. The van der Waals surface area contributed by atoms with E-state index in [0.29, 0.717) is 12.2 Å². The number of allylic oxidation sites excluding steroid dienone is 1.